The number of hydrogen-bond donors (Lipinski definition) is 1. The molecule has 1 aliphatic carbocycles. The summed E-state index contributed by atoms with van der Waals surface area (Å²) < 4.78 is 0. The quantitative estimate of drug-likeness (QED) is 0.747. The second-order valence-corrected chi connectivity index (χ2v) is 8.38. The fourth-order valence-electron chi connectivity index (χ4n) is 3.05. The van der Waals surface area contributed by atoms with Crippen LogP contribution in [0.3, 0.4) is 0 Å². The third kappa shape index (κ3) is 4.33. The molecule has 0 radical (unpaired) electrons. The molecule has 0 saturated carbocycles. The first-order valence-electron chi connectivity index (χ1n) is 8.68. The van der Waals surface area contributed by atoms with Gasteiger partial charge in [0.2, 0.25) is 5.91 Å². The number of thiazole rings is 1. The Labute approximate surface area is 165 Å². The smallest absolute Gasteiger partial charge is 0.258 e. The highest BCUT2D eigenvalue weighted by atomic mass is 32.1. The van der Waals surface area contributed by atoms with E-state index in [0.29, 0.717) is 40.8 Å². The van der Waals surface area contributed by atoms with Crippen molar-refractivity contribution < 1.29 is 14.4 Å². The third-order valence-electron chi connectivity index (χ3n) is 4.33. The summed E-state index contributed by atoms with van der Waals surface area (Å²) in [5.74, 6) is -0.793. The molecule has 142 valence electrons. The summed E-state index contributed by atoms with van der Waals surface area (Å²) in [5.41, 5.74) is 2.06. The van der Waals surface area contributed by atoms with E-state index < -0.39 is 5.92 Å². The summed E-state index contributed by atoms with van der Waals surface area (Å²) in [6.07, 6.45) is 0.593. The number of thiophene rings is 1. The lowest BCUT2D eigenvalue weighted by atomic mass is 9.89. The van der Waals surface area contributed by atoms with E-state index in [1.165, 1.54) is 22.7 Å². The van der Waals surface area contributed by atoms with Gasteiger partial charge in [-0.05, 0) is 25.3 Å². The number of carbonyl (C=O) groups is 3. The van der Waals surface area contributed by atoms with Crippen molar-refractivity contribution in [2.75, 3.05) is 18.4 Å². The molecule has 0 aliphatic heterocycles. The third-order valence-corrected chi connectivity index (χ3v) is 6.07. The van der Waals surface area contributed by atoms with Crippen molar-refractivity contribution in [1.29, 1.82) is 0 Å². The summed E-state index contributed by atoms with van der Waals surface area (Å²) in [4.78, 5) is 44.2. The van der Waals surface area contributed by atoms with Gasteiger partial charge in [0.1, 0.15) is 0 Å². The molecule has 0 aromatic carbocycles. The van der Waals surface area contributed by atoms with E-state index in [0.717, 1.165) is 5.57 Å². The molecule has 2 aromatic rings. The fourth-order valence-corrected chi connectivity index (χ4v) is 4.62. The van der Waals surface area contributed by atoms with E-state index in [1.807, 2.05) is 19.2 Å². The first-order chi connectivity index (χ1) is 12.9. The van der Waals surface area contributed by atoms with E-state index >= 15 is 0 Å². The highest BCUT2D eigenvalue weighted by Gasteiger charge is 2.35. The predicted octanol–water partition coefficient (Wildman–Crippen LogP) is 3.63. The minimum absolute atomic E-state index is 0.0450. The van der Waals surface area contributed by atoms with Gasteiger partial charge in [0, 0.05) is 31.3 Å². The van der Waals surface area contributed by atoms with Gasteiger partial charge in [-0.15, -0.1) is 0 Å². The monoisotopic (exact) mass is 403 g/mol. The van der Waals surface area contributed by atoms with Crippen molar-refractivity contribution in [3.63, 3.8) is 0 Å². The number of fused-ring (bicyclic) bond motifs is 1. The van der Waals surface area contributed by atoms with Crippen LogP contribution in [0.15, 0.2) is 29.0 Å². The molecule has 0 bridgehead atoms. The average Bonchev–Trinajstić information content (AvgIpc) is 3.28. The largest absolute Gasteiger partial charge is 0.339 e. The van der Waals surface area contributed by atoms with Gasteiger partial charge in [-0.1, -0.05) is 23.5 Å². The van der Waals surface area contributed by atoms with Crippen LogP contribution >= 0.6 is 22.7 Å². The first-order valence-corrected chi connectivity index (χ1v) is 10.4. The van der Waals surface area contributed by atoms with Crippen LogP contribution < -0.4 is 5.32 Å². The zero-order chi connectivity index (χ0) is 19.6. The van der Waals surface area contributed by atoms with E-state index in [2.05, 4.69) is 16.9 Å². The maximum atomic E-state index is 12.8. The van der Waals surface area contributed by atoms with Crippen LogP contribution in [-0.2, 0) is 11.2 Å². The zero-order valence-corrected chi connectivity index (χ0v) is 16.9. The summed E-state index contributed by atoms with van der Waals surface area (Å²) in [5, 5.41) is 6.72. The molecule has 0 unspecified atom stereocenters. The number of nitrogens with zero attached hydrogens (tertiary/aromatic N) is 2. The summed E-state index contributed by atoms with van der Waals surface area (Å²) in [6, 6.07) is 1.73. The standard InChI is InChI=1S/C19H21N3O3S2/c1-4-22(9-11(2)3)18(25)13-7-14-16(15(23)8-13)27-19(20-14)21-17(24)12-5-6-26-10-12/h5-6,10,13H,2,4,7-9H2,1,3H3,(H,20,21,24)/t13-/m1/s1. The second-order valence-electron chi connectivity index (χ2n) is 6.60. The van der Waals surface area contributed by atoms with Gasteiger partial charge in [0.25, 0.3) is 5.91 Å². The molecule has 1 atom stereocenters. The Morgan fingerprint density at radius 1 is 1.41 bits per heavy atom. The van der Waals surface area contributed by atoms with Gasteiger partial charge in [-0.2, -0.15) is 11.3 Å². The minimum atomic E-state index is -0.410. The minimum Gasteiger partial charge on any atom is -0.339 e. The number of anilines is 1. The summed E-state index contributed by atoms with van der Waals surface area (Å²) >= 11 is 2.62. The summed E-state index contributed by atoms with van der Waals surface area (Å²) in [7, 11) is 0. The normalized spacial score (nSPS) is 15.9. The van der Waals surface area contributed by atoms with Gasteiger partial charge >= 0.3 is 0 Å². The summed E-state index contributed by atoms with van der Waals surface area (Å²) in [6.45, 7) is 8.72. The SMILES string of the molecule is C=C(C)CN(CC)C(=O)[C@H]1CC(=O)c2sc(NC(=O)c3ccsc3)nc2C1. The number of nitrogens with one attached hydrogen (secondary N) is 1. The Bertz CT molecular complexity index is 886. The Morgan fingerprint density at radius 3 is 2.81 bits per heavy atom. The predicted molar refractivity (Wildman–Crippen MR) is 108 cm³/mol. The number of Topliss-reactive ketones (excluding diaryl/α,β-unsaturated/α-hetero) is 1. The average molecular weight is 404 g/mol. The van der Waals surface area contributed by atoms with Gasteiger partial charge in [-0.3, -0.25) is 19.7 Å². The Hall–Kier alpha value is -2.32. The number of aromatic nitrogens is 1. The molecule has 3 rings (SSSR count). The van der Waals surface area contributed by atoms with E-state index in [1.54, 1.807) is 16.3 Å². The molecule has 6 nitrogen and oxygen atoms in total. The van der Waals surface area contributed by atoms with E-state index in [9.17, 15) is 14.4 Å². The molecule has 2 heterocycles. The molecular formula is C19H21N3O3S2. The van der Waals surface area contributed by atoms with Gasteiger partial charge < -0.3 is 4.90 Å². The highest BCUT2D eigenvalue weighted by molar-refractivity contribution is 7.17. The first kappa shape index (κ1) is 19.4. The van der Waals surface area contributed by atoms with E-state index in [4.69, 9.17) is 0 Å². The zero-order valence-electron chi connectivity index (χ0n) is 15.3. The Balaban J connectivity index is 1.74. The maximum Gasteiger partial charge on any atom is 0.258 e. The van der Waals surface area contributed by atoms with Crippen molar-refractivity contribution in [3.8, 4) is 0 Å². The van der Waals surface area contributed by atoms with E-state index in [-0.39, 0.29) is 24.0 Å². The van der Waals surface area contributed by atoms with Crippen LogP contribution in [-0.4, -0.2) is 40.6 Å². The molecule has 0 saturated heterocycles. The lowest BCUT2D eigenvalue weighted by molar-refractivity contribution is -0.135. The second kappa shape index (κ2) is 8.14. The number of likely N-dealkylation sites (N-methyl/N-ethyl adjacent to an activating group) is 1. The van der Waals surface area contributed by atoms with Crippen molar-refractivity contribution in [3.05, 3.63) is 45.1 Å². The molecule has 0 fully saturated rings. The number of hydrogen-bond acceptors (Lipinski definition) is 6. The molecule has 2 amide bonds. The topological polar surface area (TPSA) is 79.4 Å². The Morgan fingerprint density at radius 2 is 2.19 bits per heavy atom. The molecule has 2 aromatic heterocycles. The van der Waals surface area contributed by atoms with Crippen LogP contribution in [0, 0.1) is 5.92 Å². The van der Waals surface area contributed by atoms with Crippen molar-refractivity contribution in [1.82, 2.24) is 9.88 Å². The van der Waals surface area contributed by atoms with Crippen molar-refractivity contribution >= 4 is 45.4 Å². The van der Waals surface area contributed by atoms with Crippen LogP contribution in [0.5, 0.6) is 0 Å². The fraction of sp³-hybridized carbons (Fsp3) is 0.368. The molecule has 1 aliphatic rings. The number of rotatable bonds is 6. The number of carbonyl (C=O) groups excluding carboxylic acids is 3. The lowest BCUT2D eigenvalue weighted by Gasteiger charge is -2.27. The molecule has 0 spiro atoms. The molecule has 27 heavy (non-hydrogen) atoms. The molecular weight excluding hydrogens is 382 g/mol. The van der Waals surface area contributed by atoms with Crippen LogP contribution in [0.2, 0.25) is 0 Å². The Kier molecular flexibility index (Phi) is 5.86. The van der Waals surface area contributed by atoms with Crippen LogP contribution in [0.4, 0.5) is 5.13 Å². The maximum absolute atomic E-state index is 12.8. The number of ketones is 1. The van der Waals surface area contributed by atoms with Crippen molar-refractivity contribution in [2.24, 2.45) is 5.92 Å². The molecule has 8 heteroatoms. The lowest BCUT2D eigenvalue weighted by Crippen LogP contribution is -2.40. The number of amides is 2. The van der Waals surface area contributed by atoms with Gasteiger partial charge in [-0.25, -0.2) is 4.98 Å². The highest BCUT2D eigenvalue weighted by Crippen LogP contribution is 2.33. The van der Waals surface area contributed by atoms with Gasteiger partial charge in [0.15, 0.2) is 10.9 Å². The van der Waals surface area contributed by atoms with Crippen molar-refractivity contribution in [2.45, 2.75) is 26.7 Å². The van der Waals surface area contributed by atoms with Crippen LogP contribution in [0.1, 0.15) is 46.0 Å². The van der Waals surface area contributed by atoms with Crippen LogP contribution in [0.25, 0.3) is 0 Å². The molecule has 1 N–H and O–H groups in total. The van der Waals surface area contributed by atoms with Gasteiger partial charge in [0.05, 0.1) is 22.1 Å².